The summed E-state index contributed by atoms with van der Waals surface area (Å²) in [4.78, 5) is 73.2. The topological polar surface area (TPSA) is 237 Å². The lowest BCUT2D eigenvalue weighted by Crippen LogP contribution is -2.30. The van der Waals surface area contributed by atoms with Crippen LogP contribution in [-0.4, -0.2) is 96.7 Å². The van der Waals surface area contributed by atoms with Crippen LogP contribution in [0.15, 0.2) is 158 Å². The standard InChI is InChI=1S/C89H148O17P2/c1-5-9-13-17-21-25-29-33-37-39-41-43-47-50-54-58-62-66-70-74-87(92)100-80-85(106-89(94)76-72-68-64-60-56-52-48-44-42-40-38-34-30-26-22-18-14-10-6-2)82-104-108(97,98)102-78-83(90)77-101-107(95,96)103-81-84(105-88(93)75-71-67-63-59-55-51-46-36-32-28-24-20-16-12-8-4)79-99-86(91)73-69-65-61-57-53-49-45-35-31-27-23-19-15-11-7-3/h9-10,13-14,21-22,24-28,31,33-34,36-38,41-44,46,50,52,54,56,83-85,90H,5-8,11-12,15-20,23,29-30,32,35,39-40,45,47-49,51,53,55,57-82H2,1-4H3,(H,95,96)(H,97,98)/b13-9-,14-10-,25-21-,26-22-,28-24-,31-27-,37-33-,38-34-,43-41-,44-42-,46-36-,54-50-,56-52-/t83-,84+,85+/m0/s1. The quantitative estimate of drug-likeness (QED) is 0.0169. The number of esters is 4. The first-order valence-corrected chi connectivity index (χ1v) is 44.7. The average Bonchev–Trinajstić information content (AvgIpc) is 0.896. The summed E-state index contributed by atoms with van der Waals surface area (Å²) >= 11 is 0. The summed E-state index contributed by atoms with van der Waals surface area (Å²) in [5, 5.41) is 10.7. The molecule has 108 heavy (non-hydrogen) atoms. The molecule has 0 bridgehead atoms. The number of aliphatic hydroxyl groups excluding tert-OH is 1. The van der Waals surface area contributed by atoms with Crippen LogP contribution in [0.2, 0.25) is 0 Å². The predicted molar refractivity (Wildman–Crippen MR) is 445 cm³/mol. The van der Waals surface area contributed by atoms with Gasteiger partial charge in [0.15, 0.2) is 12.2 Å². The molecule has 0 fully saturated rings. The first-order chi connectivity index (χ1) is 52.7. The lowest BCUT2D eigenvalue weighted by Gasteiger charge is -2.21. The highest BCUT2D eigenvalue weighted by Crippen LogP contribution is 2.45. The smallest absolute Gasteiger partial charge is 0.462 e. The van der Waals surface area contributed by atoms with Gasteiger partial charge in [-0.2, -0.15) is 0 Å². The molecule has 0 rings (SSSR count). The number of carbonyl (C=O) groups excluding carboxylic acids is 4. The molecular formula is C89H148O17P2. The van der Waals surface area contributed by atoms with Gasteiger partial charge in [-0.25, -0.2) is 9.13 Å². The second-order valence-electron chi connectivity index (χ2n) is 27.3. The van der Waals surface area contributed by atoms with Gasteiger partial charge in [-0.1, -0.05) is 282 Å². The fraction of sp³-hybridized carbons (Fsp3) is 0.663. The minimum atomic E-state index is -5.01. The van der Waals surface area contributed by atoms with Crippen LogP contribution in [0.25, 0.3) is 0 Å². The number of rotatable bonds is 77. The van der Waals surface area contributed by atoms with Crippen LogP contribution in [0.5, 0.6) is 0 Å². The Morgan fingerprint density at radius 1 is 0.269 bits per heavy atom. The normalized spacial score (nSPS) is 14.6. The van der Waals surface area contributed by atoms with Crippen molar-refractivity contribution in [2.75, 3.05) is 39.6 Å². The number of hydrogen-bond acceptors (Lipinski definition) is 15. The zero-order chi connectivity index (χ0) is 78.9. The Balaban J connectivity index is 5.47. The van der Waals surface area contributed by atoms with E-state index in [1.165, 1.54) is 57.8 Å². The minimum absolute atomic E-state index is 0.0423. The van der Waals surface area contributed by atoms with Crippen molar-refractivity contribution in [2.45, 2.75) is 341 Å². The van der Waals surface area contributed by atoms with E-state index in [1.54, 1.807) is 0 Å². The zero-order valence-corrected chi connectivity index (χ0v) is 69.3. The third kappa shape index (κ3) is 78.8. The summed E-state index contributed by atoms with van der Waals surface area (Å²) in [6.45, 7) is 4.53. The molecule has 616 valence electrons. The van der Waals surface area contributed by atoms with Crippen LogP contribution >= 0.6 is 15.6 Å². The van der Waals surface area contributed by atoms with E-state index in [-0.39, 0.29) is 25.7 Å². The first kappa shape index (κ1) is 103. The fourth-order valence-electron chi connectivity index (χ4n) is 10.7. The molecule has 0 radical (unpaired) electrons. The van der Waals surface area contributed by atoms with Crippen molar-refractivity contribution in [2.24, 2.45) is 0 Å². The Morgan fingerprint density at radius 2 is 0.481 bits per heavy atom. The van der Waals surface area contributed by atoms with E-state index >= 15 is 0 Å². The van der Waals surface area contributed by atoms with Gasteiger partial charge in [0.25, 0.3) is 0 Å². The molecule has 0 aromatic heterocycles. The van der Waals surface area contributed by atoms with Crippen molar-refractivity contribution in [3.63, 3.8) is 0 Å². The van der Waals surface area contributed by atoms with Crippen LogP contribution in [0, 0.1) is 0 Å². The van der Waals surface area contributed by atoms with Crippen LogP contribution in [-0.2, 0) is 65.4 Å². The Kier molecular flexibility index (Phi) is 75.8. The third-order valence-corrected chi connectivity index (χ3v) is 18.9. The average molecular weight is 1550 g/mol. The summed E-state index contributed by atoms with van der Waals surface area (Å²) in [6.07, 6.45) is 93.5. The summed E-state index contributed by atoms with van der Waals surface area (Å²) in [7, 11) is -10.00. The van der Waals surface area contributed by atoms with Gasteiger partial charge in [-0.05, 0) is 173 Å². The molecule has 0 aliphatic rings. The van der Waals surface area contributed by atoms with E-state index in [0.29, 0.717) is 25.7 Å². The maximum Gasteiger partial charge on any atom is 0.472 e. The molecule has 0 aliphatic heterocycles. The molecule has 0 saturated heterocycles. The maximum absolute atomic E-state index is 13.1. The van der Waals surface area contributed by atoms with Gasteiger partial charge in [0.1, 0.15) is 19.3 Å². The number of carbonyl (C=O) groups is 4. The summed E-state index contributed by atoms with van der Waals surface area (Å²) in [6, 6.07) is 0. The fourth-order valence-corrected chi connectivity index (χ4v) is 12.2. The van der Waals surface area contributed by atoms with Crippen molar-refractivity contribution >= 4 is 39.5 Å². The van der Waals surface area contributed by atoms with Crippen molar-refractivity contribution in [1.29, 1.82) is 0 Å². The molecule has 17 nitrogen and oxygen atoms in total. The van der Waals surface area contributed by atoms with Crippen molar-refractivity contribution in [1.82, 2.24) is 0 Å². The van der Waals surface area contributed by atoms with E-state index in [2.05, 4.69) is 186 Å². The highest BCUT2D eigenvalue weighted by atomic mass is 31.2. The van der Waals surface area contributed by atoms with E-state index in [1.807, 2.05) is 0 Å². The Morgan fingerprint density at radius 3 is 0.778 bits per heavy atom. The second kappa shape index (κ2) is 79.8. The maximum atomic E-state index is 13.1. The van der Waals surface area contributed by atoms with Crippen molar-refractivity contribution < 1.29 is 80.2 Å². The molecule has 2 unspecified atom stereocenters. The zero-order valence-electron chi connectivity index (χ0n) is 67.5. The number of hydrogen-bond donors (Lipinski definition) is 3. The largest absolute Gasteiger partial charge is 0.472 e. The van der Waals surface area contributed by atoms with Gasteiger partial charge in [0.05, 0.1) is 26.4 Å². The SMILES string of the molecule is CC/C=C\C/C=C\C/C=C\C/C=C\C/C=C\CCCCCC(=O)OC[C@H](COP(=O)(O)OC[C@@H](O)COP(=O)(O)OC[C@@H](COC(=O)CCCCCCCCC/C=C\CCCCCC)OC(=O)CCCCCCC/C=C\C/C=C\CCCCC)OC(=O)CCCCC/C=C\C/C=C\C/C=C\C/C=C\C/C=C\CC. The third-order valence-electron chi connectivity index (χ3n) is 17.0. The molecule has 0 spiro atoms. The van der Waals surface area contributed by atoms with Gasteiger partial charge in [0, 0.05) is 25.7 Å². The highest BCUT2D eigenvalue weighted by Gasteiger charge is 2.30. The molecule has 19 heteroatoms. The van der Waals surface area contributed by atoms with Crippen LogP contribution in [0.3, 0.4) is 0 Å². The number of allylic oxidation sites excluding steroid dienone is 26. The molecule has 0 amide bonds. The van der Waals surface area contributed by atoms with Gasteiger partial charge < -0.3 is 33.8 Å². The molecule has 5 atom stereocenters. The number of phosphoric acid groups is 2. The van der Waals surface area contributed by atoms with Crippen LogP contribution in [0.1, 0.15) is 323 Å². The molecular weight excluding hydrogens is 1400 g/mol. The molecule has 3 N–H and O–H groups in total. The molecule has 0 saturated carbocycles. The van der Waals surface area contributed by atoms with Gasteiger partial charge >= 0.3 is 39.5 Å². The van der Waals surface area contributed by atoms with E-state index in [0.717, 1.165) is 186 Å². The minimum Gasteiger partial charge on any atom is -0.462 e. The molecule has 0 aromatic rings. The van der Waals surface area contributed by atoms with Gasteiger partial charge in [-0.3, -0.25) is 37.3 Å². The van der Waals surface area contributed by atoms with Crippen LogP contribution in [0.4, 0.5) is 0 Å². The Bertz CT molecular complexity index is 2660. The van der Waals surface area contributed by atoms with Crippen molar-refractivity contribution in [3.8, 4) is 0 Å². The van der Waals surface area contributed by atoms with E-state index in [4.69, 9.17) is 37.0 Å². The monoisotopic (exact) mass is 1550 g/mol. The Hall–Kier alpha value is -5.32. The Labute approximate surface area is 655 Å². The molecule has 0 aliphatic carbocycles. The number of aliphatic hydroxyl groups is 1. The number of unbranched alkanes of at least 4 members (excludes halogenated alkanes) is 25. The van der Waals surface area contributed by atoms with Crippen molar-refractivity contribution in [3.05, 3.63) is 158 Å². The van der Waals surface area contributed by atoms with Gasteiger partial charge in [-0.15, -0.1) is 0 Å². The predicted octanol–water partition coefficient (Wildman–Crippen LogP) is 24.8. The highest BCUT2D eigenvalue weighted by molar-refractivity contribution is 7.47. The molecule has 0 aromatic carbocycles. The van der Waals surface area contributed by atoms with Gasteiger partial charge in [0.2, 0.25) is 0 Å². The number of phosphoric ester groups is 2. The number of ether oxygens (including phenoxy) is 4. The summed E-state index contributed by atoms with van der Waals surface area (Å²) in [5.41, 5.74) is 0. The second-order valence-corrected chi connectivity index (χ2v) is 30.2. The molecule has 0 heterocycles. The lowest BCUT2D eigenvalue weighted by atomic mass is 10.1. The first-order valence-electron chi connectivity index (χ1n) is 41.7. The summed E-state index contributed by atoms with van der Waals surface area (Å²) < 4.78 is 68.7. The lowest BCUT2D eigenvalue weighted by molar-refractivity contribution is -0.161. The summed E-state index contributed by atoms with van der Waals surface area (Å²) in [5.74, 6) is -2.27. The van der Waals surface area contributed by atoms with E-state index in [9.17, 15) is 43.2 Å². The van der Waals surface area contributed by atoms with Crippen LogP contribution < -0.4 is 0 Å². The van der Waals surface area contributed by atoms with E-state index < -0.39 is 97.5 Å².